The fraction of sp³-hybridized carbons (Fsp3) is 1.00. The summed E-state index contributed by atoms with van der Waals surface area (Å²) in [6, 6.07) is 0.544. The van der Waals surface area contributed by atoms with E-state index in [2.05, 4.69) is 24.1 Å². The molecule has 118 valence electrons. The van der Waals surface area contributed by atoms with E-state index in [0.29, 0.717) is 12.6 Å². The maximum atomic E-state index is 11.4. The minimum atomic E-state index is -2.88. The second-order valence-corrected chi connectivity index (χ2v) is 9.53. The Morgan fingerprint density at radius 3 is 2.45 bits per heavy atom. The van der Waals surface area contributed by atoms with Gasteiger partial charge in [-0.25, -0.2) is 8.42 Å². The van der Waals surface area contributed by atoms with Gasteiger partial charge in [0.15, 0.2) is 0 Å². The predicted octanol–water partition coefficient (Wildman–Crippen LogP) is 1.66. The van der Waals surface area contributed by atoms with Crippen LogP contribution in [0.4, 0.5) is 0 Å². The van der Waals surface area contributed by atoms with Crippen molar-refractivity contribution < 1.29 is 8.42 Å². The van der Waals surface area contributed by atoms with Gasteiger partial charge >= 0.3 is 0 Å². The third-order valence-electron chi connectivity index (χ3n) is 5.02. The first-order valence-electron chi connectivity index (χ1n) is 7.94. The van der Waals surface area contributed by atoms with Crippen LogP contribution in [0.3, 0.4) is 0 Å². The molecule has 0 bridgehead atoms. The zero-order valence-electron chi connectivity index (χ0n) is 13.2. The average molecular weight is 302 g/mol. The van der Waals surface area contributed by atoms with Crippen molar-refractivity contribution in [3.8, 4) is 0 Å². The molecule has 1 unspecified atom stereocenters. The Morgan fingerprint density at radius 2 is 1.85 bits per heavy atom. The van der Waals surface area contributed by atoms with Gasteiger partial charge in [-0.05, 0) is 32.6 Å². The minimum absolute atomic E-state index is 0.0514. The van der Waals surface area contributed by atoms with E-state index in [0.717, 1.165) is 19.0 Å². The molecule has 1 saturated heterocycles. The Hall–Kier alpha value is -0.130. The molecule has 5 heteroatoms. The lowest BCUT2D eigenvalue weighted by Gasteiger charge is -2.48. The number of rotatable bonds is 4. The molecule has 0 radical (unpaired) electrons. The maximum absolute atomic E-state index is 11.4. The molecule has 20 heavy (non-hydrogen) atoms. The van der Waals surface area contributed by atoms with E-state index in [9.17, 15) is 8.42 Å². The van der Waals surface area contributed by atoms with Crippen LogP contribution in [0.1, 0.15) is 46.0 Å². The molecular formula is C15H30N2O2S. The number of nitrogens with one attached hydrogen (secondary N) is 1. The molecular weight excluding hydrogens is 272 g/mol. The van der Waals surface area contributed by atoms with Crippen LogP contribution in [0.2, 0.25) is 0 Å². The molecule has 0 aromatic carbocycles. The summed E-state index contributed by atoms with van der Waals surface area (Å²) in [5, 5.41) is 3.72. The van der Waals surface area contributed by atoms with Crippen LogP contribution in [-0.4, -0.2) is 56.5 Å². The van der Waals surface area contributed by atoms with Crippen LogP contribution in [0.15, 0.2) is 0 Å². The molecule has 2 fully saturated rings. The van der Waals surface area contributed by atoms with E-state index >= 15 is 0 Å². The van der Waals surface area contributed by atoms with Crippen LogP contribution in [0, 0.1) is 5.92 Å². The maximum Gasteiger partial charge on any atom is 0.148 e. The first kappa shape index (κ1) is 16.2. The van der Waals surface area contributed by atoms with E-state index in [1.165, 1.54) is 38.4 Å². The largest absolute Gasteiger partial charge is 0.311 e. The van der Waals surface area contributed by atoms with Gasteiger partial charge in [-0.15, -0.1) is 0 Å². The fourth-order valence-electron chi connectivity index (χ4n) is 3.56. The topological polar surface area (TPSA) is 49.4 Å². The van der Waals surface area contributed by atoms with Gasteiger partial charge in [0, 0.05) is 37.5 Å². The van der Waals surface area contributed by atoms with Crippen LogP contribution >= 0.6 is 0 Å². The Kier molecular flexibility index (Phi) is 5.14. The lowest BCUT2D eigenvalue weighted by Crippen LogP contribution is -2.64. The van der Waals surface area contributed by atoms with Gasteiger partial charge in [0.2, 0.25) is 0 Å². The summed E-state index contributed by atoms with van der Waals surface area (Å²) in [7, 11) is -2.88. The zero-order valence-corrected chi connectivity index (χ0v) is 14.0. The van der Waals surface area contributed by atoms with Crippen LogP contribution in [0.25, 0.3) is 0 Å². The molecule has 0 spiro atoms. The second-order valence-electron chi connectivity index (χ2n) is 7.27. The lowest BCUT2D eigenvalue weighted by molar-refractivity contribution is 0.0495. The van der Waals surface area contributed by atoms with E-state index < -0.39 is 9.84 Å². The summed E-state index contributed by atoms with van der Waals surface area (Å²) in [4.78, 5) is 2.38. The van der Waals surface area contributed by atoms with Gasteiger partial charge in [-0.2, -0.15) is 0 Å². The van der Waals surface area contributed by atoms with Gasteiger partial charge in [0.25, 0.3) is 0 Å². The number of piperazine rings is 1. The van der Waals surface area contributed by atoms with E-state index in [4.69, 9.17) is 0 Å². The number of hydrogen-bond acceptors (Lipinski definition) is 4. The van der Waals surface area contributed by atoms with Crippen LogP contribution in [-0.2, 0) is 9.84 Å². The van der Waals surface area contributed by atoms with Crippen molar-refractivity contribution in [3.63, 3.8) is 0 Å². The number of sulfone groups is 1. The van der Waals surface area contributed by atoms with Crippen molar-refractivity contribution in [1.82, 2.24) is 10.2 Å². The Balaban J connectivity index is 1.96. The molecule has 2 aliphatic rings. The molecule has 0 aromatic rings. The van der Waals surface area contributed by atoms with E-state index in [-0.39, 0.29) is 11.3 Å². The van der Waals surface area contributed by atoms with Gasteiger partial charge in [0.1, 0.15) is 9.84 Å². The highest BCUT2D eigenvalue weighted by Gasteiger charge is 2.37. The molecule has 0 amide bonds. The molecule has 4 nitrogen and oxygen atoms in total. The highest BCUT2D eigenvalue weighted by molar-refractivity contribution is 7.90. The molecule has 2 rings (SSSR count). The normalized spacial score (nSPS) is 29.4. The third kappa shape index (κ3) is 4.43. The average Bonchev–Trinajstić information content (AvgIpc) is 2.37. The highest BCUT2D eigenvalue weighted by Crippen LogP contribution is 2.30. The van der Waals surface area contributed by atoms with Gasteiger partial charge in [-0.1, -0.05) is 19.3 Å². The van der Waals surface area contributed by atoms with Crippen molar-refractivity contribution in [2.24, 2.45) is 5.92 Å². The molecule has 1 aliphatic heterocycles. The number of hydrogen-bond donors (Lipinski definition) is 1. The lowest BCUT2D eigenvalue weighted by atomic mass is 9.81. The summed E-state index contributed by atoms with van der Waals surface area (Å²) < 4.78 is 22.9. The van der Waals surface area contributed by atoms with Crippen LogP contribution < -0.4 is 5.32 Å². The number of nitrogens with zero attached hydrogens (tertiary/aromatic N) is 1. The first-order chi connectivity index (χ1) is 9.28. The van der Waals surface area contributed by atoms with Crippen molar-refractivity contribution in [2.75, 3.05) is 31.6 Å². The fourth-order valence-corrected chi connectivity index (χ4v) is 4.12. The van der Waals surface area contributed by atoms with Gasteiger partial charge in [0.05, 0.1) is 5.75 Å². The van der Waals surface area contributed by atoms with Crippen molar-refractivity contribution in [3.05, 3.63) is 0 Å². The molecule has 0 aromatic heterocycles. The summed E-state index contributed by atoms with van der Waals surface area (Å²) in [6.45, 7) is 7.03. The monoisotopic (exact) mass is 302 g/mol. The van der Waals surface area contributed by atoms with Crippen molar-refractivity contribution >= 4 is 9.84 Å². The summed E-state index contributed by atoms with van der Waals surface area (Å²) in [6.07, 6.45) is 8.09. The smallest absolute Gasteiger partial charge is 0.148 e. The Bertz CT molecular complexity index is 414. The van der Waals surface area contributed by atoms with Crippen molar-refractivity contribution in [2.45, 2.75) is 57.5 Å². The Labute approximate surface area is 124 Å². The SMILES string of the molecule is CC1(C)CNC(C2CCCCC2)CN1CCS(C)(=O)=O. The second kappa shape index (κ2) is 6.32. The van der Waals surface area contributed by atoms with Crippen molar-refractivity contribution in [1.29, 1.82) is 0 Å². The summed E-state index contributed by atoms with van der Waals surface area (Å²) in [5.41, 5.74) is 0.0514. The van der Waals surface area contributed by atoms with Crippen LogP contribution in [0.5, 0.6) is 0 Å². The molecule has 1 atom stereocenters. The highest BCUT2D eigenvalue weighted by atomic mass is 32.2. The zero-order chi connectivity index (χ0) is 14.8. The van der Waals surface area contributed by atoms with E-state index in [1.54, 1.807) is 0 Å². The predicted molar refractivity (Wildman–Crippen MR) is 83.7 cm³/mol. The summed E-state index contributed by atoms with van der Waals surface area (Å²) in [5.74, 6) is 1.05. The standard InChI is InChI=1S/C15H30N2O2S/c1-15(2)12-16-14(13-7-5-4-6-8-13)11-17(15)9-10-20(3,18)19/h13-14,16H,4-12H2,1-3H3. The first-order valence-corrected chi connectivity index (χ1v) is 10.0. The third-order valence-corrected chi connectivity index (χ3v) is 5.95. The molecule has 1 aliphatic carbocycles. The minimum Gasteiger partial charge on any atom is -0.311 e. The quantitative estimate of drug-likeness (QED) is 0.858. The Morgan fingerprint density at radius 1 is 1.20 bits per heavy atom. The molecule has 1 saturated carbocycles. The van der Waals surface area contributed by atoms with Gasteiger partial charge < -0.3 is 5.32 Å². The summed E-state index contributed by atoms with van der Waals surface area (Å²) >= 11 is 0. The van der Waals surface area contributed by atoms with E-state index in [1.807, 2.05) is 0 Å². The molecule has 1 N–H and O–H groups in total. The molecule has 1 heterocycles. The van der Waals surface area contributed by atoms with Gasteiger partial charge in [-0.3, -0.25) is 4.90 Å².